The number of aliphatic hydroxyl groups excluding tert-OH is 2. The molecule has 0 heterocycles. The average Bonchev–Trinajstić information content (AvgIpc) is 2.67. The van der Waals surface area contributed by atoms with E-state index < -0.39 is 0 Å². The quantitative estimate of drug-likeness (QED) is 0.424. The largest absolute Gasteiger partial charge is 0.396 e. The Hall–Kier alpha value is -0.340. The Bertz CT molecular complexity index is 810. The van der Waals surface area contributed by atoms with Crippen molar-refractivity contribution in [2.75, 3.05) is 6.61 Å². The number of hydrogen-bond donors (Lipinski definition) is 2. The minimum Gasteiger partial charge on any atom is -0.396 e. The van der Waals surface area contributed by atoms with Crippen molar-refractivity contribution in [1.29, 1.82) is 0 Å². The van der Waals surface area contributed by atoms with Crippen LogP contribution in [0.2, 0.25) is 0 Å². The molecule has 5 aliphatic rings. The summed E-state index contributed by atoms with van der Waals surface area (Å²) in [6.07, 6.45) is 14.4. The molecule has 0 unspecified atom stereocenters. The third-order valence-corrected chi connectivity index (χ3v) is 12.8. The second-order valence-electron chi connectivity index (χ2n) is 15.3. The van der Waals surface area contributed by atoms with Crippen LogP contribution in [-0.4, -0.2) is 22.9 Å². The molecule has 182 valence electrons. The summed E-state index contributed by atoms with van der Waals surface area (Å²) >= 11 is 0. The van der Waals surface area contributed by atoms with Crippen LogP contribution in [0.3, 0.4) is 0 Å². The molecular formula is C30H50O2. The molecule has 0 radical (unpaired) electrons. The molecule has 0 saturated heterocycles. The first-order valence-electron chi connectivity index (χ1n) is 13.7. The van der Waals surface area contributed by atoms with Crippen LogP contribution in [0.5, 0.6) is 0 Å². The van der Waals surface area contributed by atoms with Gasteiger partial charge in [0.1, 0.15) is 0 Å². The second-order valence-corrected chi connectivity index (χ2v) is 15.3. The van der Waals surface area contributed by atoms with Gasteiger partial charge >= 0.3 is 0 Å². The molecule has 4 saturated carbocycles. The standard InChI is InChI=1S/C30H50O2/c1-25(2)12-14-30(19-31)15-13-28(6)21(22(30)18-25)8-9-24-27(5)17-20(32)16-26(3,4)23(27)10-11-29(24,28)7/h8,20,22-24,31-32H,9-19H2,1-7H3/t20-,22+,23+,24-,27+,28-,29-,30-/m1/s1. The van der Waals surface area contributed by atoms with Gasteiger partial charge in [0, 0.05) is 12.0 Å². The molecule has 0 spiro atoms. The summed E-state index contributed by atoms with van der Waals surface area (Å²) in [5.74, 6) is 1.91. The van der Waals surface area contributed by atoms with Crippen molar-refractivity contribution >= 4 is 0 Å². The minimum atomic E-state index is -0.153. The van der Waals surface area contributed by atoms with E-state index in [0.717, 1.165) is 12.8 Å². The summed E-state index contributed by atoms with van der Waals surface area (Å²) in [7, 11) is 0. The topological polar surface area (TPSA) is 40.5 Å². The van der Waals surface area contributed by atoms with Gasteiger partial charge in [-0.05, 0) is 109 Å². The summed E-state index contributed by atoms with van der Waals surface area (Å²) in [6.45, 7) is 17.9. The van der Waals surface area contributed by atoms with Gasteiger partial charge in [0.05, 0.1) is 6.10 Å². The summed E-state index contributed by atoms with van der Waals surface area (Å²) in [4.78, 5) is 0. The first kappa shape index (κ1) is 23.4. The van der Waals surface area contributed by atoms with Gasteiger partial charge in [-0.3, -0.25) is 0 Å². The zero-order valence-electron chi connectivity index (χ0n) is 22.1. The highest BCUT2D eigenvalue weighted by molar-refractivity contribution is 5.33. The summed E-state index contributed by atoms with van der Waals surface area (Å²) in [5.41, 5.74) is 3.18. The number of hydrogen-bond acceptors (Lipinski definition) is 2. The molecule has 0 aromatic heterocycles. The van der Waals surface area contributed by atoms with Crippen molar-refractivity contribution in [3.05, 3.63) is 11.6 Å². The lowest BCUT2D eigenvalue weighted by Gasteiger charge is -2.71. The molecule has 2 N–H and O–H groups in total. The Morgan fingerprint density at radius 3 is 2.22 bits per heavy atom. The van der Waals surface area contributed by atoms with Gasteiger partial charge in [-0.2, -0.15) is 0 Å². The first-order valence-corrected chi connectivity index (χ1v) is 13.7. The second kappa shape index (κ2) is 6.87. The molecular weight excluding hydrogens is 392 g/mol. The molecule has 32 heavy (non-hydrogen) atoms. The van der Waals surface area contributed by atoms with Crippen LogP contribution in [0, 0.1) is 50.2 Å². The van der Waals surface area contributed by atoms with Crippen LogP contribution < -0.4 is 0 Å². The van der Waals surface area contributed by atoms with Crippen LogP contribution in [-0.2, 0) is 0 Å². The monoisotopic (exact) mass is 442 g/mol. The molecule has 0 aromatic carbocycles. The summed E-state index contributed by atoms with van der Waals surface area (Å²) in [6, 6.07) is 0. The Balaban J connectivity index is 1.59. The maximum absolute atomic E-state index is 11.0. The number of fused-ring (bicyclic) bond motifs is 7. The van der Waals surface area contributed by atoms with E-state index in [1.807, 2.05) is 0 Å². The minimum absolute atomic E-state index is 0.119. The molecule has 0 amide bonds. The van der Waals surface area contributed by atoms with Gasteiger partial charge in [-0.25, -0.2) is 0 Å². The predicted octanol–water partition coefficient (Wildman–Crippen LogP) is 7.14. The van der Waals surface area contributed by atoms with E-state index in [1.165, 1.54) is 51.4 Å². The first-order chi connectivity index (χ1) is 14.7. The van der Waals surface area contributed by atoms with Gasteiger partial charge in [-0.15, -0.1) is 0 Å². The summed E-state index contributed by atoms with van der Waals surface area (Å²) in [5, 5.41) is 21.6. The van der Waals surface area contributed by atoms with E-state index in [-0.39, 0.29) is 27.8 Å². The van der Waals surface area contributed by atoms with Gasteiger partial charge < -0.3 is 10.2 Å². The van der Waals surface area contributed by atoms with Crippen LogP contribution in [0.4, 0.5) is 0 Å². The molecule has 2 heteroatoms. The average molecular weight is 443 g/mol. The third kappa shape index (κ3) is 2.90. The highest BCUT2D eigenvalue weighted by atomic mass is 16.3. The maximum Gasteiger partial charge on any atom is 0.0550 e. The van der Waals surface area contributed by atoms with E-state index in [0.29, 0.717) is 35.2 Å². The van der Waals surface area contributed by atoms with Crippen molar-refractivity contribution in [3.63, 3.8) is 0 Å². The van der Waals surface area contributed by atoms with E-state index in [2.05, 4.69) is 54.5 Å². The number of allylic oxidation sites excluding steroid dienone is 2. The Labute approximate surface area is 197 Å². The lowest BCUT2D eigenvalue weighted by molar-refractivity contribution is -0.199. The smallest absolute Gasteiger partial charge is 0.0550 e. The van der Waals surface area contributed by atoms with E-state index in [1.54, 1.807) is 5.57 Å². The van der Waals surface area contributed by atoms with Crippen LogP contribution in [0.25, 0.3) is 0 Å². The highest BCUT2D eigenvalue weighted by Gasteiger charge is 2.68. The molecule has 5 aliphatic carbocycles. The Morgan fingerprint density at radius 2 is 1.53 bits per heavy atom. The van der Waals surface area contributed by atoms with E-state index in [9.17, 15) is 10.2 Å². The van der Waals surface area contributed by atoms with Gasteiger partial charge in [-0.1, -0.05) is 60.1 Å². The van der Waals surface area contributed by atoms with Crippen LogP contribution in [0.1, 0.15) is 113 Å². The lowest BCUT2D eigenvalue weighted by atomic mass is 9.33. The van der Waals surface area contributed by atoms with Crippen molar-refractivity contribution in [3.8, 4) is 0 Å². The molecule has 4 fully saturated rings. The fourth-order valence-corrected chi connectivity index (χ4v) is 10.9. The molecule has 8 atom stereocenters. The fourth-order valence-electron chi connectivity index (χ4n) is 10.9. The van der Waals surface area contributed by atoms with Crippen molar-refractivity contribution in [2.45, 2.75) is 119 Å². The molecule has 2 nitrogen and oxygen atoms in total. The fraction of sp³-hybridized carbons (Fsp3) is 0.933. The van der Waals surface area contributed by atoms with Crippen LogP contribution >= 0.6 is 0 Å². The Morgan fingerprint density at radius 1 is 0.844 bits per heavy atom. The Kier molecular flexibility index (Phi) is 5.02. The highest BCUT2D eigenvalue weighted by Crippen LogP contribution is 2.75. The zero-order valence-corrected chi connectivity index (χ0v) is 22.1. The zero-order chi connectivity index (χ0) is 23.4. The summed E-state index contributed by atoms with van der Waals surface area (Å²) < 4.78 is 0. The van der Waals surface area contributed by atoms with Crippen molar-refractivity contribution < 1.29 is 10.2 Å². The molecule has 0 aliphatic heterocycles. The van der Waals surface area contributed by atoms with E-state index in [4.69, 9.17) is 0 Å². The van der Waals surface area contributed by atoms with Crippen molar-refractivity contribution in [2.24, 2.45) is 50.2 Å². The normalized spacial score (nSPS) is 53.8. The molecule has 0 bridgehead atoms. The number of rotatable bonds is 1. The predicted molar refractivity (Wildman–Crippen MR) is 132 cm³/mol. The van der Waals surface area contributed by atoms with Gasteiger partial charge in [0.15, 0.2) is 0 Å². The molecule has 0 aromatic rings. The lowest BCUT2D eigenvalue weighted by Crippen LogP contribution is -2.64. The van der Waals surface area contributed by atoms with Gasteiger partial charge in [0.25, 0.3) is 0 Å². The molecule has 5 rings (SSSR count). The van der Waals surface area contributed by atoms with Gasteiger partial charge in [0.2, 0.25) is 0 Å². The van der Waals surface area contributed by atoms with Crippen molar-refractivity contribution in [1.82, 2.24) is 0 Å². The maximum atomic E-state index is 11.0. The SMILES string of the molecule is CC1(C)CC[C@]2(CO)CC[C@]3(C)C(=CC[C@@H]4[C@@]5(C)C[C@H](O)CC(C)(C)[C@@H]5CC[C@]43C)[C@@H]2C1. The number of aliphatic hydroxyl groups is 2. The third-order valence-electron chi connectivity index (χ3n) is 12.8. The van der Waals surface area contributed by atoms with Crippen LogP contribution in [0.15, 0.2) is 11.6 Å². The van der Waals surface area contributed by atoms with E-state index >= 15 is 0 Å².